The van der Waals surface area contributed by atoms with E-state index in [2.05, 4.69) is 5.32 Å². The van der Waals surface area contributed by atoms with Gasteiger partial charge in [0.1, 0.15) is 10.1 Å². The second-order valence-corrected chi connectivity index (χ2v) is 5.98. The molecule has 1 aliphatic rings. The fraction of sp³-hybridized carbons (Fsp3) is 0.308. The van der Waals surface area contributed by atoms with Gasteiger partial charge in [-0.05, 0) is 36.8 Å². The molecule has 2 aromatic rings. The van der Waals surface area contributed by atoms with Gasteiger partial charge in [0, 0.05) is 5.92 Å². The van der Waals surface area contributed by atoms with Crippen LogP contribution in [0.3, 0.4) is 0 Å². The molecule has 0 unspecified atom stereocenters. The molecule has 0 saturated heterocycles. The summed E-state index contributed by atoms with van der Waals surface area (Å²) in [6.45, 7) is 1.93. The number of rotatable bonds is 3. The number of furan rings is 1. The zero-order valence-corrected chi connectivity index (χ0v) is 11.4. The predicted molar refractivity (Wildman–Crippen MR) is 72.7 cm³/mol. The van der Waals surface area contributed by atoms with E-state index < -0.39 is 0 Å². The van der Waals surface area contributed by atoms with Crippen molar-refractivity contribution < 1.29 is 9.21 Å². The minimum Gasteiger partial charge on any atom is -0.468 e. The molecule has 1 aliphatic carbocycles. The molecule has 3 nitrogen and oxygen atoms in total. The van der Waals surface area contributed by atoms with Crippen LogP contribution in [0, 0.1) is 6.92 Å². The molecule has 2 aromatic heterocycles. The molecule has 94 valence electrons. The summed E-state index contributed by atoms with van der Waals surface area (Å²) in [5, 5.41) is 4.79. The van der Waals surface area contributed by atoms with E-state index in [-0.39, 0.29) is 5.91 Å². The van der Waals surface area contributed by atoms with Gasteiger partial charge in [0.25, 0.3) is 5.91 Å². The maximum Gasteiger partial charge on any atom is 0.259 e. The molecular formula is C13H12ClNO2S. The monoisotopic (exact) mass is 281 g/mol. The normalized spacial score (nSPS) is 14.8. The van der Waals surface area contributed by atoms with E-state index in [1.807, 2.05) is 12.3 Å². The van der Waals surface area contributed by atoms with Crippen molar-refractivity contribution in [3.05, 3.63) is 38.9 Å². The van der Waals surface area contributed by atoms with Crippen LogP contribution in [0.25, 0.3) is 0 Å². The second kappa shape index (κ2) is 4.44. The fourth-order valence-corrected chi connectivity index (χ4v) is 2.97. The minimum absolute atomic E-state index is 0.144. The van der Waals surface area contributed by atoms with Crippen LogP contribution in [-0.4, -0.2) is 5.91 Å². The molecular weight excluding hydrogens is 270 g/mol. The van der Waals surface area contributed by atoms with Crippen LogP contribution in [0.2, 0.25) is 4.34 Å². The lowest BCUT2D eigenvalue weighted by atomic mass is 10.1. The van der Waals surface area contributed by atoms with Gasteiger partial charge in [0.15, 0.2) is 0 Å². The number of hydrogen-bond acceptors (Lipinski definition) is 3. The summed E-state index contributed by atoms with van der Waals surface area (Å²) >= 11 is 7.47. The van der Waals surface area contributed by atoms with E-state index in [1.54, 1.807) is 12.3 Å². The largest absolute Gasteiger partial charge is 0.468 e. The number of nitrogens with one attached hydrogen (secondary N) is 1. The molecule has 2 heterocycles. The molecule has 1 saturated carbocycles. The zero-order chi connectivity index (χ0) is 12.7. The maximum atomic E-state index is 12.2. The van der Waals surface area contributed by atoms with Gasteiger partial charge in [0.05, 0.1) is 17.5 Å². The van der Waals surface area contributed by atoms with E-state index in [4.69, 9.17) is 16.0 Å². The minimum atomic E-state index is -0.144. The van der Waals surface area contributed by atoms with Crippen molar-refractivity contribution >= 4 is 34.5 Å². The lowest BCUT2D eigenvalue weighted by Crippen LogP contribution is -2.13. The number of halogens is 1. The molecule has 1 N–H and O–H groups in total. The number of anilines is 1. The fourth-order valence-electron chi connectivity index (χ4n) is 1.91. The average molecular weight is 282 g/mol. The van der Waals surface area contributed by atoms with Gasteiger partial charge in [-0.1, -0.05) is 11.6 Å². The smallest absolute Gasteiger partial charge is 0.259 e. The number of carbonyl (C=O) groups is 1. The highest BCUT2D eigenvalue weighted by Crippen LogP contribution is 2.42. The van der Waals surface area contributed by atoms with Crippen LogP contribution >= 0.6 is 22.9 Å². The van der Waals surface area contributed by atoms with E-state index in [1.165, 1.54) is 11.3 Å². The number of carbonyl (C=O) groups excluding carboxylic acids is 1. The van der Waals surface area contributed by atoms with Crippen molar-refractivity contribution in [2.45, 2.75) is 25.7 Å². The summed E-state index contributed by atoms with van der Waals surface area (Å²) in [5.41, 5.74) is 2.31. The number of thiophene rings is 1. The highest BCUT2D eigenvalue weighted by molar-refractivity contribution is 7.15. The van der Waals surface area contributed by atoms with Gasteiger partial charge in [0.2, 0.25) is 0 Å². The Morgan fingerprint density at radius 3 is 2.94 bits per heavy atom. The third-order valence-corrected chi connectivity index (χ3v) is 4.40. The van der Waals surface area contributed by atoms with E-state index in [9.17, 15) is 4.79 Å². The topological polar surface area (TPSA) is 42.2 Å². The first-order valence-corrected chi connectivity index (χ1v) is 7.05. The molecule has 1 fully saturated rings. The third kappa shape index (κ3) is 2.06. The number of hydrogen-bond donors (Lipinski definition) is 1. The number of amides is 1. The molecule has 1 amide bonds. The van der Waals surface area contributed by atoms with Crippen molar-refractivity contribution in [2.75, 3.05) is 5.32 Å². The standard InChI is InChI=1S/C13H12ClNO2S/c1-7-6-18-12(14)10(7)15-13(16)9-4-5-17-11(9)8-2-3-8/h4-6,8H,2-3H2,1H3,(H,15,16). The summed E-state index contributed by atoms with van der Waals surface area (Å²) in [4.78, 5) is 12.2. The molecule has 5 heteroatoms. The van der Waals surface area contributed by atoms with Gasteiger partial charge in [-0.15, -0.1) is 11.3 Å². The first-order valence-electron chi connectivity index (χ1n) is 5.79. The van der Waals surface area contributed by atoms with Gasteiger partial charge in [-0.25, -0.2) is 0 Å². The average Bonchev–Trinajstić information content (AvgIpc) is 3.01. The Bertz CT molecular complexity index is 578. The summed E-state index contributed by atoms with van der Waals surface area (Å²) in [5.74, 6) is 1.07. The van der Waals surface area contributed by atoms with Crippen LogP contribution in [0.15, 0.2) is 22.1 Å². The van der Waals surface area contributed by atoms with E-state index >= 15 is 0 Å². The van der Waals surface area contributed by atoms with Gasteiger partial charge >= 0.3 is 0 Å². The van der Waals surface area contributed by atoms with Crippen molar-refractivity contribution in [1.82, 2.24) is 0 Å². The summed E-state index contributed by atoms with van der Waals surface area (Å²) in [7, 11) is 0. The highest BCUT2D eigenvalue weighted by Gasteiger charge is 2.31. The maximum absolute atomic E-state index is 12.2. The van der Waals surface area contributed by atoms with E-state index in [0.29, 0.717) is 21.5 Å². The SMILES string of the molecule is Cc1csc(Cl)c1NC(=O)c1ccoc1C1CC1. The van der Waals surface area contributed by atoms with Gasteiger partial charge in [-0.2, -0.15) is 0 Å². The highest BCUT2D eigenvalue weighted by atomic mass is 35.5. The Morgan fingerprint density at radius 2 is 2.33 bits per heavy atom. The van der Waals surface area contributed by atoms with Crippen LogP contribution in [0.1, 0.15) is 40.4 Å². The summed E-state index contributed by atoms with van der Waals surface area (Å²) in [6.07, 6.45) is 3.78. The molecule has 0 bridgehead atoms. The van der Waals surface area contributed by atoms with Crippen molar-refractivity contribution in [1.29, 1.82) is 0 Å². The molecule has 0 aliphatic heterocycles. The Hall–Kier alpha value is -1.26. The number of aryl methyl sites for hydroxylation is 1. The predicted octanol–water partition coefficient (Wildman–Crippen LogP) is 4.43. The summed E-state index contributed by atoms with van der Waals surface area (Å²) in [6, 6.07) is 1.72. The Labute approximate surface area is 114 Å². The molecule has 0 spiro atoms. The second-order valence-electron chi connectivity index (χ2n) is 4.49. The first kappa shape index (κ1) is 11.8. The van der Waals surface area contributed by atoms with Gasteiger partial charge < -0.3 is 9.73 Å². The lowest BCUT2D eigenvalue weighted by molar-refractivity contribution is 0.102. The molecule has 18 heavy (non-hydrogen) atoms. The summed E-state index contributed by atoms with van der Waals surface area (Å²) < 4.78 is 6.01. The molecule has 0 aromatic carbocycles. The quantitative estimate of drug-likeness (QED) is 0.904. The van der Waals surface area contributed by atoms with Crippen LogP contribution in [0.4, 0.5) is 5.69 Å². The van der Waals surface area contributed by atoms with Crippen molar-refractivity contribution in [3.8, 4) is 0 Å². The van der Waals surface area contributed by atoms with Crippen LogP contribution in [0.5, 0.6) is 0 Å². The zero-order valence-electron chi connectivity index (χ0n) is 9.83. The molecule has 0 atom stereocenters. The molecule has 3 rings (SSSR count). The molecule has 0 radical (unpaired) electrons. The van der Waals surface area contributed by atoms with E-state index in [0.717, 1.165) is 24.2 Å². The third-order valence-electron chi connectivity index (χ3n) is 3.06. The Morgan fingerprint density at radius 1 is 1.56 bits per heavy atom. The van der Waals surface area contributed by atoms with Gasteiger partial charge in [-0.3, -0.25) is 4.79 Å². The van der Waals surface area contributed by atoms with Crippen molar-refractivity contribution in [2.24, 2.45) is 0 Å². The van der Waals surface area contributed by atoms with Crippen LogP contribution in [-0.2, 0) is 0 Å². The Balaban J connectivity index is 1.84. The first-order chi connectivity index (χ1) is 8.66. The lowest BCUT2D eigenvalue weighted by Gasteiger charge is -2.05. The Kier molecular flexibility index (Phi) is 2.92. The van der Waals surface area contributed by atoms with Crippen molar-refractivity contribution in [3.63, 3.8) is 0 Å². The van der Waals surface area contributed by atoms with Crippen LogP contribution < -0.4 is 5.32 Å².